The molecule has 1 unspecified atom stereocenters. The Morgan fingerprint density at radius 1 is 1.33 bits per heavy atom. The lowest BCUT2D eigenvalue weighted by atomic mass is 10.2. The van der Waals surface area contributed by atoms with Gasteiger partial charge in [0.15, 0.2) is 5.96 Å². The monoisotopic (exact) mass is 460 g/mol. The summed E-state index contributed by atoms with van der Waals surface area (Å²) in [4.78, 5) is 9.66. The first kappa shape index (κ1) is 20.7. The third kappa shape index (κ3) is 7.04. The number of hydrogen-bond donors (Lipinski definition) is 2. The molecule has 1 aromatic carbocycles. The summed E-state index contributed by atoms with van der Waals surface area (Å²) >= 11 is 1.69. The molecule has 0 saturated carbocycles. The average Bonchev–Trinajstić information content (AvgIpc) is 2.93. The minimum Gasteiger partial charge on any atom is -0.489 e. The first-order valence-corrected chi connectivity index (χ1v) is 8.47. The Morgan fingerprint density at radius 3 is 2.75 bits per heavy atom. The number of nitrogens with zero attached hydrogens (tertiary/aromatic N) is 2. The number of halogens is 1. The number of thiazole rings is 1. The van der Waals surface area contributed by atoms with Crippen molar-refractivity contribution in [2.75, 3.05) is 13.6 Å². The van der Waals surface area contributed by atoms with E-state index in [0.717, 1.165) is 23.3 Å². The normalized spacial score (nSPS) is 12.2. The molecule has 7 heteroatoms. The Hall–Kier alpha value is -1.35. The molecule has 1 aromatic heterocycles. The van der Waals surface area contributed by atoms with E-state index >= 15 is 0 Å². The van der Waals surface area contributed by atoms with E-state index in [0.29, 0.717) is 6.54 Å². The zero-order valence-corrected chi connectivity index (χ0v) is 17.6. The SMILES string of the molecule is CN=C(NCc1cnc(C)s1)NCC(C)Oc1cccc(C)c1.I. The van der Waals surface area contributed by atoms with Crippen molar-refractivity contribution in [1.82, 2.24) is 15.6 Å². The number of aryl methyl sites for hydroxylation is 2. The summed E-state index contributed by atoms with van der Waals surface area (Å²) in [6.45, 7) is 7.50. The van der Waals surface area contributed by atoms with Crippen LogP contribution in [0.2, 0.25) is 0 Å². The van der Waals surface area contributed by atoms with Crippen LogP contribution in [0.5, 0.6) is 5.75 Å². The van der Waals surface area contributed by atoms with Gasteiger partial charge in [0.25, 0.3) is 0 Å². The van der Waals surface area contributed by atoms with Gasteiger partial charge in [-0.25, -0.2) is 4.98 Å². The third-order valence-electron chi connectivity index (χ3n) is 3.21. The van der Waals surface area contributed by atoms with Crippen molar-refractivity contribution in [2.24, 2.45) is 4.99 Å². The summed E-state index contributed by atoms with van der Waals surface area (Å²) in [6.07, 6.45) is 1.94. The molecule has 0 radical (unpaired) electrons. The van der Waals surface area contributed by atoms with Gasteiger partial charge < -0.3 is 15.4 Å². The van der Waals surface area contributed by atoms with Gasteiger partial charge >= 0.3 is 0 Å². The van der Waals surface area contributed by atoms with Crippen LogP contribution in [0.1, 0.15) is 22.4 Å². The molecule has 2 rings (SSSR count). The second kappa shape index (κ2) is 10.5. The van der Waals surface area contributed by atoms with Crippen LogP contribution >= 0.6 is 35.3 Å². The lowest BCUT2D eigenvalue weighted by Gasteiger charge is -2.17. The largest absolute Gasteiger partial charge is 0.489 e. The standard InChI is InChI=1S/C17H24N4OS.HI/c1-12-6-5-7-15(8-12)22-13(2)9-20-17(18-4)21-11-16-10-19-14(3)23-16;/h5-8,10,13H,9,11H2,1-4H3,(H2,18,20,21);1H. The number of benzene rings is 1. The molecular weight excluding hydrogens is 435 g/mol. The first-order chi connectivity index (χ1) is 11.1. The number of aliphatic imine (C=N–C) groups is 1. The van der Waals surface area contributed by atoms with Gasteiger partial charge in [-0.1, -0.05) is 12.1 Å². The van der Waals surface area contributed by atoms with Crippen LogP contribution in [0.4, 0.5) is 0 Å². The van der Waals surface area contributed by atoms with Gasteiger partial charge in [-0.3, -0.25) is 4.99 Å². The van der Waals surface area contributed by atoms with Gasteiger partial charge in [0.1, 0.15) is 11.9 Å². The average molecular weight is 460 g/mol. The summed E-state index contributed by atoms with van der Waals surface area (Å²) in [5.41, 5.74) is 1.19. The Balaban J connectivity index is 0.00000288. The Bertz CT molecular complexity index is 660. The van der Waals surface area contributed by atoms with Crippen LogP contribution in [-0.2, 0) is 6.54 Å². The summed E-state index contributed by atoms with van der Waals surface area (Å²) in [5.74, 6) is 1.65. The van der Waals surface area contributed by atoms with Crippen LogP contribution in [-0.4, -0.2) is 30.6 Å². The zero-order chi connectivity index (χ0) is 16.7. The Labute approximate surface area is 165 Å². The van der Waals surface area contributed by atoms with Gasteiger partial charge in [0, 0.05) is 18.1 Å². The predicted octanol–water partition coefficient (Wildman–Crippen LogP) is 3.51. The molecule has 2 N–H and O–H groups in total. The van der Waals surface area contributed by atoms with Crippen LogP contribution in [0.25, 0.3) is 0 Å². The quantitative estimate of drug-likeness (QED) is 0.394. The number of aromatic nitrogens is 1. The van der Waals surface area contributed by atoms with E-state index in [1.807, 2.05) is 38.2 Å². The molecule has 0 saturated heterocycles. The first-order valence-electron chi connectivity index (χ1n) is 7.66. The predicted molar refractivity (Wildman–Crippen MR) is 112 cm³/mol. The molecule has 0 aliphatic heterocycles. The van der Waals surface area contributed by atoms with E-state index in [1.54, 1.807) is 18.4 Å². The summed E-state index contributed by atoms with van der Waals surface area (Å²) in [6, 6.07) is 8.07. The molecule has 0 amide bonds. The zero-order valence-electron chi connectivity index (χ0n) is 14.5. The number of nitrogens with one attached hydrogen (secondary N) is 2. The second-order valence-corrected chi connectivity index (χ2v) is 6.72. The summed E-state index contributed by atoms with van der Waals surface area (Å²) in [7, 11) is 1.76. The topological polar surface area (TPSA) is 58.5 Å². The minimum absolute atomic E-state index is 0. The number of ether oxygens (including phenoxy) is 1. The molecule has 0 spiro atoms. The van der Waals surface area contributed by atoms with Crippen molar-refractivity contribution in [3.8, 4) is 5.75 Å². The van der Waals surface area contributed by atoms with Crippen molar-refractivity contribution in [2.45, 2.75) is 33.4 Å². The van der Waals surface area contributed by atoms with Crippen LogP contribution in [0.15, 0.2) is 35.5 Å². The summed E-state index contributed by atoms with van der Waals surface area (Å²) in [5, 5.41) is 7.63. The van der Waals surface area contributed by atoms with Gasteiger partial charge in [-0.05, 0) is 38.5 Å². The van der Waals surface area contributed by atoms with E-state index in [1.165, 1.54) is 10.4 Å². The van der Waals surface area contributed by atoms with Crippen LogP contribution < -0.4 is 15.4 Å². The fourth-order valence-corrected chi connectivity index (χ4v) is 2.82. The number of hydrogen-bond acceptors (Lipinski definition) is 4. The van der Waals surface area contributed by atoms with E-state index in [-0.39, 0.29) is 30.1 Å². The van der Waals surface area contributed by atoms with Gasteiger partial charge in [0.2, 0.25) is 0 Å². The van der Waals surface area contributed by atoms with Gasteiger partial charge in [-0.15, -0.1) is 35.3 Å². The number of rotatable bonds is 6. The highest BCUT2D eigenvalue weighted by Crippen LogP contribution is 2.14. The van der Waals surface area contributed by atoms with Crippen molar-refractivity contribution < 1.29 is 4.74 Å². The minimum atomic E-state index is 0. The Morgan fingerprint density at radius 2 is 2.12 bits per heavy atom. The van der Waals surface area contributed by atoms with Gasteiger partial charge in [-0.2, -0.15) is 0 Å². The highest BCUT2D eigenvalue weighted by molar-refractivity contribution is 14.0. The van der Waals surface area contributed by atoms with Crippen molar-refractivity contribution in [1.29, 1.82) is 0 Å². The molecule has 0 fully saturated rings. The molecule has 132 valence electrons. The van der Waals surface area contributed by atoms with Crippen LogP contribution in [0, 0.1) is 13.8 Å². The second-order valence-electron chi connectivity index (χ2n) is 5.40. The maximum Gasteiger partial charge on any atom is 0.191 e. The lowest BCUT2D eigenvalue weighted by molar-refractivity contribution is 0.223. The summed E-state index contributed by atoms with van der Waals surface area (Å²) < 4.78 is 5.90. The van der Waals surface area contributed by atoms with E-state index < -0.39 is 0 Å². The van der Waals surface area contributed by atoms with E-state index in [2.05, 4.69) is 33.6 Å². The smallest absolute Gasteiger partial charge is 0.191 e. The van der Waals surface area contributed by atoms with Gasteiger partial charge in [0.05, 0.1) is 18.1 Å². The molecule has 24 heavy (non-hydrogen) atoms. The lowest BCUT2D eigenvalue weighted by Crippen LogP contribution is -2.41. The molecular formula is C17H25IN4OS. The molecule has 1 heterocycles. The molecule has 5 nitrogen and oxygen atoms in total. The van der Waals surface area contributed by atoms with Crippen molar-refractivity contribution in [3.05, 3.63) is 45.9 Å². The molecule has 0 bridgehead atoms. The van der Waals surface area contributed by atoms with E-state index in [9.17, 15) is 0 Å². The van der Waals surface area contributed by atoms with Crippen LogP contribution in [0.3, 0.4) is 0 Å². The molecule has 0 aliphatic carbocycles. The molecule has 0 aliphatic rings. The van der Waals surface area contributed by atoms with E-state index in [4.69, 9.17) is 4.74 Å². The maximum absolute atomic E-state index is 5.90. The third-order valence-corrected chi connectivity index (χ3v) is 4.12. The molecule has 1 atom stereocenters. The van der Waals surface area contributed by atoms with Crippen molar-refractivity contribution in [3.63, 3.8) is 0 Å². The maximum atomic E-state index is 5.90. The molecule has 2 aromatic rings. The fourth-order valence-electron chi connectivity index (χ4n) is 2.08. The highest BCUT2D eigenvalue weighted by Gasteiger charge is 2.06. The highest BCUT2D eigenvalue weighted by atomic mass is 127. The number of guanidine groups is 1. The Kier molecular flexibility index (Phi) is 9.05. The van der Waals surface area contributed by atoms with Crippen molar-refractivity contribution >= 4 is 41.3 Å². The fraction of sp³-hybridized carbons (Fsp3) is 0.412.